The average Bonchev–Trinajstić information content (AvgIpc) is 2.35. The van der Waals surface area contributed by atoms with Gasteiger partial charge in [0.05, 0.1) is 24.5 Å². The van der Waals surface area contributed by atoms with E-state index in [1.165, 1.54) is 10.9 Å². The van der Waals surface area contributed by atoms with Crippen molar-refractivity contribution in [1.82, 2.24) is 9.78 Å². The summed E-state index contributed by atoms with van der Waals surface area (Å²) in [4.78, 5) is 11.8. The number of halogens is 1. The lowest BCUT2D eigenvalue weighted by Crippen LogP contribution is -2.25. The van der Waals surface area contributed by atoms with Crippen molar-refractivity contribution in [3.8, 4) is 0 Å². The highest BCUT2D eigenvalue weighted by atomic mass is 35.5. The van der Waals surface area contributed by atoms with Gasteiger partial charge in [-0.2, -0.15) is 5.10 Å². The van der Waals surface area contributed by atoms with E-state index in [-0.39, 0.29) is 16.7 Å². The number of anilines is 1. The van der Waals surface area contributed by atoms with E-state index in [0.717, 1.165) is 0 Å². The predicted molar refractivity (Wildman–Crippen MR) is 73.3 cm³/mol. The SMILES string of the molecule is C=CCn1ncc(NCC(C)OCC)c(Cl)c1=O. The number of aromatic nitrogens is 2. The number of nitrogens with one attached hydrogen (secondary N) is 1. The highest BCUT2D eigenvalue weighted by Gasteiger charge is 2.09. The molecule has 1 heterocycles. The summed E-state index contributed by atoms with van der Waals surface area (Å²) in [5, 5.41) is 7.18. The van der Waals surface area contributed by atoms with Gasteiger partial charge in [-0.25, -0.2) is 4.68 Å². The number of hydrogen-bond acceptors (Lipinski definition) is 4. The van der Waals surface area contributed by atoms with Crippen LogP contribution >= 0.6 is 11.6 Å². The van der Waals surface area contributed by atoms with Crippen LogP contribution in [0.5, 0.6) is 0 Å². The van der Waals surface area contributed by atoms with Crippen LogP contribution in [0.2, 0.25) is 5.02 Å². The van der Waals surface area contributed by atoms with Crippen molar-refractivity contribution in [2.45, 2.75) is 26.5 Å². The molecule has 0 bridgehead atoms. The molecule has 0 fully saturated rings. The minimum atomic E-state index is -0.328. The molecule has 6 heteroatoms. The van der Waals surface area contributed by atoms with Crippen LogP contribution in [0.15, 0.2) is 23.6 Å². The van der Waals surface area contributed by atoms with Gasteiger partial charge in [0.2, 0.25) is 0 Å². The summed E-state index contributed by atoms with van der Waals surface area (Å²) in [6.45, 7) is 8.99. The van der Waals surface area contributed by atoms with Gasteiger partial charge in [0.1, 0.15) is 5.02 Å². The third-order valence-electron chi connectivity index (χ3n) is 2.32. The normalized spacial score (nSPS) is 12.2. The molecule has 0 aliphatic heterocycles. The Morgan fingerprint density at radius 3 is 3.06 bits per heavy atom. The number of rotatable bonds is 7. The minimum Gasteiger partial charge on any atom is -0.380 e. The maximum absolute atomic E-state index is 11.8. The van der Waals surface area contributed by atoms with Crippen LogP contribution < -0.4 is 10.9 Å². The second-order valence-electron chi connectivity index (χ2n) is 3.80. The maximum Gasteiger partial charge on any atom is 0.287 e. The molecule has 1 rings (SSSR count). The zero-order valence-corrected chi connectivity index (χ0v) is 11.4. The molecule has 1 unspecified atom stereocenters. The summed E-state index contributed by atoms with van der Waals surface area (Å²) in [5.74, 6) is 0. The summed E-state index contributed by atoms with van der Waals surface area (Å²) < 4.78 is 6.63. The summed E-state index contributed by atoms with van der Waals surface area (Å²) in [5.41, 5.74) is 0.194. The van der Waals surface area contributed by atoms with Gasteiger partial charge in [0.15, 0.2) is 0 Å². The fourth-order valence-corrected chi connectivity index (χ4v) is 1.65. The van der Waals surface area contributed by atoms with E-state index in [0.29, 0.717) is 25.4 Å². The van der Waals surface area contributed by atoms with Crippen LogP contribution in [0.25, 0.3) is 0 Å². The summed E-state index contributed by atoms with van der Waals surface area (Å²) >= 11 is 5.98. The Morgan fingerprint density at radius 1 is 1.72 bits per heavy atom. The van der Waals surface area contributed by atoms with Crippen LogP contribution in [0.1, 0.15) is 13.8 Å². The Balaban J connectivity index is 2.76. The van der Waals surface area contributed by atoms with Gasteiger partial charge in [-0.1, -0.05) is 17.7 Å². The van der Waals surface area contributed by atoms with E-state index in [4.69, 9.17) is 16.3 Å². The monoisotopic (exact) mass is 271 g/mol. The molecule has 0 saturated heterocycles. The first-order valence-corrected chi connectivity index (χ1v) is 6.19. The smallest absolute Gasteiger partial charge is 0.287 e. The second kappa shape index (κ2) is 7.18. The Morgan fingerprint density at radius 2 is 2.44 bits per heavy atom. The van der Waals surface area contributed by atoms with Crippen molar-refractivity contribution in [2.24, 2.45) is 0 Å². The van der Waals surface area contributed by atoms with Crippen LogP contribution in [0.3, 0.4) is 0 Å². The molecule has 1 aromatic rings. The van der Waals surface area contributed by atoms with E-state index in [1.54, 1.807) is 6.08 Å². The van der Waals surface area contributed by atoms with Crippen molar-refractivity contribution in [1.29, 1.82) is 0 Å². The molecular weight excluding hydrogens is 254 g/mol. The van der Waals surface area contributed by atoms with Gasteiger partial charge in [0.25, 0.3) is 5.56 Å². The molecular formula is C12H18ClN3O2. The molecule has 100 valence electrons. The molecule has 0 aliphatic rings. The fraction of sp³-hybridized carbons (Fsp3) is 0.500. The highest BCUT2D eigenvalue weighted by molar-refractivity contribution is 6.32. The van der Waals surface area contributed by atoms with Gasteiger partial charge in [0, 0.05) is 13.2 Å². The zero-order valence-electron chi connectivity index (χ0n) is 10.6. The van der Waals surface area contributed by atoms with Crippen LogP contribution in [-0.2, 0) is 11.3 Å². The quantitative estimate of drug-likeness (QED) is 0.770. The Labute approximate surface area is 111 Å². The van der Waals surface area contributed by atoms with Crippen molar-refractivity contribution in [3.05, 3.63) is 34.2 Å². The first kappa shape index (κ1) is 14.7. The van der Waals surface area contributed by atoms with Crippen LogP contribution in [0.4, 0.5) is 5.69 Å². The minimum absolute atomic E-state index is 0.0432. The van der Waals surface area contributed by atoms with Gasteiger partial charge >= 0.3 is 0 Å². The standard InChI is InChI=1S/C12H18ClN3O2/c1-4-6-16-12(17)11(13)10(8-15-16)14-7-9(3)18-5-2/h4,8-9,14H,1,5-7H2,2-3H3. The van der Waals surface area contributed by atoms with E-state index >= 15 is 0 Å². The molecule has 0 aromatic carbocycles. The Hall–Kier alpha value is -1.33. The molecule has 1 N–H and O–H groups in total. The van der Waals surface area contributed by atoms with Crippen molar-refractivity contribution in [3.63, 3.8) is 0 Å². The molecule has 1 aromatic heterocycles. The number of ether oxygens (including phenoxy) is 1. The molecule has 0 saturated carbocycles. The van der Waals surface area contributed by atoms with Crippen molar-refractivity contribution < 1.29 is 4.74 Å². The average molecular weight is 272 g/mol. The zero-order chi connectivity index (χ0) is 13.5. The van der Waals surface area contributed by atoms with E-state index < -0.39 is 0 Å². The topological polar surface area (TPSA) is 56.1 Å². The lowest BCUT2D eigenvalue weighted by molar-refractivity contribution is 0.0855. The van der Waals surface area contributed by atoms with Crippen LogP contribution in [-0.4, -0.2) is 29.0 Å². The van der Waals surface area contributed by atoms with E-state index in [2.05, 4.69) is 17.0 Å². The molecule has 1 atom stereocenters. The van der Waals surface area contributed by atoms with Gasteiger partial charge in [-0.15, -0.1) is 6.58 Å². The molecule has 0 aliphatic carbocycles. The highest BCUT2D eigenvalue weighted by Crippen LogP contribution is 2.15. The van der Waals surface area contributed by atoms with Gasteiger partial charge < -0.3 is 10.1 Å². The molecule has 0 amide bonds. The van der Waals surface area contributed by atoms with Gasteiger partial charge in [-0.3, -0.25) is 4.79 Å². The fourth-order valence-electron chi connectivity index (χ4n) is 1.44. The van der Waals surface area contributed by atoms with Crippen LogP contribution in [0, 0.1) is 0 Å². The number of allylic oxidation sites excluding steroid dienone is 1. The van der Waals surface area contributed by atoms with Gasteiger partial charge in [-0.05, 0) is 13.8 Å². The molecule has 18 heavy (non-hydrogen) atoms. The van der Waals surface area contributed by atoms with E-state index in [9.17, 15) is 4.79 Å². The second-order valence-corrected chi connectivity index (χ2v) is 4.17. The summed E-state index contributed by atoms with van der Waals surface area (Å²) in [6.07, 6.45) is 3.17. The predicted octanol–water partition coefficient (Wildman–Crippen LogP) is 1.92. The Kier molecular flexibility index (Phi) is 5.88. The third-order valence-corrected chi connectivity index (χ3v) is 2.68. The maximum atomic E-state index is 11.8. The lowest BCUT2D eigenvalue weighted by atomic mass is 10.3. The lowest BCUT2D eigenvalue weighted by Gasteiger charge is -2.14. The first-order valence-electron chi connectivity index (χ1n) is 5.82. The summed E-state index contributed by atoms with van der Waals surface area (Å²) in [7, 11) is 0. The summed E-state index contributed by atoms with van der Waals surface area (Å²) in [6, 6.07) is 0. The molecule has 5 nitrogen and oxygen atoms in total. The third kappa shape index (κ3) is 3.85. The number of nitrogens with zero attached hydrogens (tertiary/aromatic N) is 2. The first-order chi connectivity index (χ1) is 8.60. The Bertz CT molecular complexity index is 459. The van der Waals surface area contributed by atoms with Crippen molar-refractivity contribution >= 4 is 17.3 Å². The molecule has 0 spiro atoms. The number of hydrogen-bond donors (Lipinski definition) is 1. The largest absolute Gasteiger partial charge is 0.380 e. The van der Waals surface area contributed by atoms with E-state index in [1.807, 2.05) is 13.8 Å². The van der Waals surface area contributed by atoms with Crippen molar-refractivity contribution in [2.75, 3.05) is 18.5 Å². The molecule has 0 radical (unpaired) electrons.